The van der Waals surface area contributed by atoms with Crippen molar-refractivity contribution in [2.75, 3.05) is 7.11 Å². The Morgan fingerprint density at radius 1 is 1.24 bits per heavy atom. The molecule has 0 saturated carbocycles. The number of ketones is 1. The average molecular weight is 302 g/mol. The Balaban J connectivity index is 2.52. The molecule has 1 aliphatic carbocycles. The second-order valence-corrected chi connectivity index (χ2v) is 10.6. The van der Waals surface area contributed by atoms with E-state index in [1.54, 1.807) is 13.2 Å². The van der Waals surface area contributed by atoms with Gasteiger partial charge in [-0.2, -0.15) is 0 Å². The zero-order valence-corrected chi connectivity index (χ0v) is 14.1. The van der Waals surface area contributed by atoms with Crippen LogP contribution in [0.3, 0.4) is 0 Å². The van der Waals surface area contributed by atoms with Crippen LogP contribution in [-0.2, 0) is 14.0 Å². The van der Waals surface area contributed by atoms with Crippen LogP contribution >= 0.6 is 0 Å². The Morgan fingerprint density at radius 2 is 1.86 bits per heavy atom. The van der Waals surface area contributed by atoms with Gasteiger partial charge in [0.1, 0.15) is 5.76 Å². The van der Waals surface area contributed by atoms with E-state index in [-0.39, 0.29) is 5.78 Å². The maximum absolute atomic E-state index is 12.8. The molecule has 3 nitrogen and oxygen atoms in total. The third-order valence-corrected chi connectivity index (χ3v) is 4.33. The highest BCUT2D eigenvalue weighted by Gasteiger charge is 2.57. The third kappa shape index (κ3) is 2.73. The largest absolute Gasteiger partial charge is 0.497 e. The average Bonchev–Trinajstić information content (AvgIpc) is 2.42. The van der Waals surface area contributed by atoms with Crippen molar-refractivity contribution in [1.29, 1.82) is 0 Å². The summed E-state index contributed by atoms with van der Waals surface area (Å²) in [7, 11) is -0.319. The van der Waals surface area contributed by atoms with E-state index < -0.39 is 13.9 Å². The SMILES string of the molecule is C=CCC1(O[Si](C)(C)C)C(=O)C(c2ccccc2)=C1OC. The highest BCUT2D eigenvalue weighted by atomic mass is 28.4. The minimum absolute atomic E-state index is 0.00660. The first-order valence-electron chi connectivity index (χ1n) is 7.06. The minimum atomic E-state index is -1.91. The van der Waals surface area contributed by atoms with Gasteiger partial charge in [-0.15, -0.1) is 6.58 Å². The lowest BCUT2D eigenvalue weighted by atomic mass is 9.73. The molecule has 4 heteroatoms. The van der Waals surface area contributed by atoms with Crippen LogP contribution in [0.15, 0.2) is 48.7 Å². The van der Waals surface area contributed by atoms with E-state index in [0.29, 0.717) is 17.8 Å². The molecule has 1 unspecified atom stereocenters. The van der Waals surface area contributed by atoms with E-state index >= 15 is 0 Å². The van der Waals surface area contributed by atoms with Gasteiger partial charge in [0.25, 0.3) is 0 Å². The smallest absolute Gasteiger partial charge is 0.205 e. The van der Waals surface area contributed by atoms with Crippen molar-refractivity contribution in [3.05, 3.63) is 54.3 Å². The Bertz CT molecular complexity index is 584. The molecule has 0 bridgehead atoms. The topological polar surface area (TPSA) is 35.5 Å². The zero-order valence-electron chi connectivity index (χ0n) is 13.1. The number of benzene rings is 1. The maximum atomic E-state index is 12.8. The molecule has 1 aliphatic rings. The summed E-state index contributed by atoms with van der Waals surface area (Å²) in [5.74, 6) is 0.619. The first-order valence-corrected chi connectivity index (χ1v) is 10.5. The molecular weight excluding hydrogens is 280 g/mol. The van der Waals surface area contributed by atoms with E-state index in [1.165, 1.54) is 0 Å². The molecule has 1 aromatic carbocycles. The van der Waals surface area contributed by atoms with Gasteiger partial charge in [0.05, 0.1) is 12.7 Å². The fourth-order valence-corrected chi connectivity index (χ4v) is 4.04. The first kappa shape index (κ1) is 15.7. The Labute approximate surface area is 127 Å². The lowest BCUT2D eigenvalue weighted by molar-refractivity contribution is -0.133. The van der Waals surface area contributed by atoms with Crippen LogP contribution in [0.2, 0.25) is 19.6 Å². The number of hydrogen-bond donors (Lipinski definition) is 0. The molecule has 0 fully saturated rings. The van der Waals surface area contributed by atoms with Crippen LogP contribution in [0, 0.1) is 0 Å². The predicted molar refractivity (Wildman–Crippen MR) is 87.4 cm³/mol. The van der Waals surface area contributed by atoms with Crippen molar-refractivity contribution >= 4 is 19.7 Å². The van der Waals surface area contributed by atoms with E-state index in [9.17, 15) is 4.79 Å². The van der Waals surface area contributed by atoms with Gasteiger partial charge in [0, 0.05) is 6.42 Å². The van der Waals surface area contributed by atoms with Gasteiger partial charge in [0.15, 0.2) is 13.9 Å². The van der Waals surface area contributed by atoms with Crippen LogP contribution in [0.5, 0.6) is 0 Å². The molecule has 0 heterocycles. The van der Waals surface area contributed by atoms with Crippen molar-refractivity contribution in [3.63, 3.8) is 0 Å². The normalized spacial score (nSPS) is 22.0. The van der Waals surface area contributed by atoms with Crippen LogP contribution in [-0.4, -0.2) is 26.8 Å². The molecule has 0 aliphatic heterocycles. The molecule has 21 heavy (non-hydrogen) atoms. The Hall–Kier alpha value is -1.65. The van der Waals surface area contributed by atoms with Crippen molar-refractivity contribution < 1.29 is 14.0 Å². The van der Waals surface area contributed by atoms with Crippen molar-refractivity contribution in [2.24, 2.45) is 0 Å². The number of carbonyl (C=O) groups excluding carboxylic acids is 1. The monoisotopic (exact) mass is 302 g/mol. The Kier molecular flexibility index (Phi) is 4.21. The summed E-state index contributed by atoms with van der Waals surface area (Å²) < 4.78 is 11.8. The summed E-state index contributed by atoms with van der Waals surface area (Å²) in [5, 5.41) is 0. The minimum Gasteiger partial charge on any atom is -0.497 e. The summed E-state index contributed by atoms with van der Waals surface area (Å²) in [6, 6.07) is 9.58. The molecule has 0 radical (unpaired) electrons. The van der Waals surface area contributed by atoms with Crippen LogP contribution in [0.4, 0.5) is 0 Å². The second-order valence-electron chi connectivity index (χ2n) is 6.14. The lowest BCUT2D eigenvalue weighted by Crippen LogP contribution is -2.57. The highest BCUT2D eigenvalue weighted by Crippen LogP contribution is 2.47. The lowest BCUT2D eigenvalue weighted by Gasteiger charge is -2.45. The van der Waals surface area contributed by atoms with Crippen LogP contribution in [0.25, 0.3) is 5.57 Å². The summed E-state index contributed by atoms with van der Waals surface area (Å²) in [5.41, 5.74) is 0.517. The van der Waals surface area contributed by atoms with Crippen molar-refractivity contribution in [3.8, 4) is 0 Å². The number of ether oxygens (including phenoxy) is 1. The van der Waals surface area contributed by atoms with Gasteiger partial charge in [-0.3, -0.25) is 4.79 Å². The molecule has 1 aromatic rings. The fraction of sp³-hybridized carbons (Fsp3) is 0.353. The molecule has 112 valence electrons. The number of rotatable bonds is 6. The molecular formula is C17H22O3Si. The van der Waals surface area contributed by atoms with Gasteiger partial charge in [-0.25, -0.2) is 0 Å². The third-order valence-electron chi connectivity index (χ3n) is 3.37. The van der Waals surface area contributed by atoms with Gasteiger partial charge >= 0.3 is 0 Å². The molecule has 0 N–H and O–H groups in total. The predicted octanol–water partition coefficient (Wildman–Crippen LogP) is 3.79. The van der Waals surface area contributed by atoms with Gasteiger partial charge in [-0.1, -0.05) is 36.4 Å². The van der Waals surface area contributed by atoms with E-state index in [2.05, 4.69) is 26.2 Å². The summed E-state index contributed by atoms with van der Waals surface area (Å²) in [6.07, 6.45) is 2.16. The Morgan fingerprint density at radius 3 is 2.33 bits per heavy atom. The van der Waals surface area contributed by atoms with Gasteiger partial charge in [0.2, 0.25) is 5.78 Å². The van der Waals surface area contributed by atoms with Gasteiger partial charge in [-0.05, 0) is 25.2 Å². The van der Waals surface area contributed by atoms with E-state index in [1.807, 2.05) is 30.3 Å². The standard InChI is InChI=1S/C17H22O3Si/c1-6-12-17(20-21(3,4)5)15(18)14(16(17)19-2)13-10-8-7-9-11-13/h6-11H,1,12H2,2-5H3. The maximum Gasteiger partial charge on any atom is 0.205 e. The second kappa shape index (κ2) is 5.62. The van der Waals surface area contributed by atoms with E-state index in [4.69, 9.17) is 9.16 Å². The molecule has 0 spiro atoms. The first-order chi connectivity index (χ1) is 9.85. The quantitative estimate of drug-likeness (QED) is 0.592. The number of methoxy groups -OCH3 is 1. The number of Topliss-reactive ketones (excluding diaryl/α,β-unsaturated/α-hetero) is 1. The molecule has 0 amide bonds. The number of carbonyl (C=O) groups is 1. The van der Waals surface area contributed by atoms with E-state index in [0.717, 1.165) is 5.56 Å². The van der Waals surface area contributed by atoms with Crippen LogP contribution in [0.1, 0.15) is 12.0 Å². The van der Waals surface area contributed by atoms with Crippen molar-refractivity contribution in [1.82, 2.24) is 0 Å². The highest BCUT2D eigenvalue weighted by molar-refractivity contribution is 6.70. The summed E-state index contributed by atoms with van der Waals surface area (Å²) >= 11 is 0. The fourth-order valence-electron chi connectivity index (χ4n) is 2.73. The summed E-state index contributed by atoms with van der Waals surface area (Å²) in [4.78, 5) is 12.8. The number of hydrogen-bond acceptors (Lipinski definition) is 3. The molecule has 0 saturated heterocycles. The summed E-state index contributed by atoms with van der Waals surface area (Å²) in [6.45, 7) is 9.97. The van der Waals surface area contributed by atoms with Crippen LogP contribution < -0.4 is 0 Å². The zero-order chi connectivity index (χ0) is 15.7. The molecule has 0 aromatic heterocycles. The molecule has 1 atom stereocenters. The molecule has 2 rings (SSSR count). The van der Waals surface area contributed by atoms with Gasteiger partial charge < -0.3 is 9.16 Å². The van der Waals surface area contributed by atoms with Crippen molar-refractivity contribution in [2.45, 2.75) is 31.7 Å².